The van der Waals surface area contributed by atoms with Gasteiger partial charge in [-0.15, -0.1) is 0 Å². The van der Waals surface area contributed by atoms with Crippen molar-refractivity contribution in [2.45, 2.75) is 47.6 Å². The second-order valence-corrected chi connectivity index (χ2v) is 15.5. The molecule has 49 heavy (non-hydrogen) atoms. The van der Waals surface area contributed by atoms with Crippen molar-refractivity contribution in [3.63, 3.8) is 0 Å². The summed E-state index contributed by atoms with van der Waals surface area (Å²) in [6.07, 6.45) is -7.19. The third kappa shape index (κ3) is 8.01. The second-order valence-electron chi connectivity index (χ2n) is 11.3. The molecule has 1 fully saturated rings. The maximum atomic E-state index is 13.7. The number of fused-ring (bicyclic) bond motifs is 1. The van der Waals surface area contributed by atoms with Crippen molar-refractivity contribution in [3.05, 3.63) is 83.4 Å². The van der Waals surface area contributed by atoms with Crippen LogP contribution in [0.1, 0.15) is 41.0 Å². The number of likely N-dealkylation sites (tertiary alicyclic amines) is 1. The highest BCUT2D eigenvalue weighted by molar-refractivity contribution is 8.14. The number of carbonyl (C=O) groups excluding carboxylic acids is 2. The number of thioether (sulfide) groups is 1. The molecule has 0 bridgehead atoms. The summed E-state index contributed by atoms with van der Waals surface area (Å²) in [7, 11) is -9.46. The molecule has 3 aromatic carbocycles. The quantitative estimate of drug-likeness (QED) is 0.250. The minimum absolute atomic E-state index is 0.0333. The summed E-state index contributed by atoms with van der Waals surface area (Å²) in [5.41, 5.74) is -1.42. The van der Waals surface area contributed by atoms with Crippen LogP contribution < -0.4 is 19.9 Å². The Labute approximate surface area is 283 Å². The summed E-state index contributed by atoms with van der Waals surface area (Å²) in [5.74, 6) is -1.98. The van der Waals surface area contributed by atoms with Gasteiger partial charge in [0.25, 0.3) is 0 Å². The number of sulfonamides is 2. The van der Waals surface area contributed by atoms with Gasteiger partial charge in [-0.1, -0.05) is 61.2 Å². The number of carboxylic acid groups (broad SMARTS) is 1. The largest absolute Gasteiger partial charge is 0.488 e. The number of benzene rings is 3. The Balaban J connectivity index is 1.27. The summed E-state index contributed by atoms with van der Waals surface area (Å²) in [4.78, 5) is 36.8. The lowest BCUT2D eigenvalue weighted by Crippen LogP contribution is -2.43. The standard InChI is InChI=1S/C30H29F3N4O9S3/c1-16(15-47-29(41)18-5-3-2-4-6-18)27(38)37-14-20(11-23(37)28(39)40)46-19-9-7-17(8-10-19)26-35-22-12-21(30(31,32)33)24(48(34,42)43)13-25(22)49(44,45)36-26/h2-10,12-13,16,20,23,26,35-36H,11,14-15H2,1H3,(H,39,40)(H2,34,42,43)/t16?,20?,23-,26?/m0/s1. The Morgan fingerprint density at radius 1 is 1.10 bits per heavy atom. The number of nitrogens with zero attached hydrogens (tertiary/aromatic N) is 1. The van der Waals surface area contributed by atoms with Crippen molar-refractivity contribution < 1.29 is 54.2 Å². The smallest absolute Gasteiger partial charge is 0.417 e. The van der Waals surface area contributed by atoms with Crippen LogP contribution in [0, 0.1) is 5.92 Å². The van der Waals surface area contributed by atoms with Crippen LogP contribution in [0.4, 0.5) is 18.9 Å². The average molecular weight is 743 g/mol. The Kier molecular flexibility index (Phi) is 10.0. The molecule has 4 atom stereocenters. The first-order chi connectivity index (χ1) is 22.8. The fraction of sp³-hybridized carbons (Fsp3) is 0.300. The third-order valence-corrected chi connectivity index (χ3v) is 11.4. The first-order valence-electron chi connectivity index (χ1n) is 14.4. The van der Waals surface area contributed by atoms with Gasteiger partial charge in [0, 0.05) is 23.7 Å². The van der Waals surface area contributed by atoms with Crippen LogP contribution in [-0.4, -0.2) is 68.3 Å². The van der Waals surface area contributed by atoms with E-state index >= 15 is 0 Å². The van der Waals surface area contributed by atoms with Gasteiger partial charge in [0.05, 0.1) is 22.7 Å². The minimum Gasteiger partial charge on any atom is -0.488 e. The molecule has 2 aliphatic heterocycles. The van der Waals surface area contributed by atoms with E-state index in [4.69, 9.17) is 9.88 Å². The van der Waals surface area contributed by atoms with Gasteiger partial charge < -0.3 is 20.1 Å². The van der Waals surface area contributed by atoms with Gasteiger partial charge in [-0.2, -0.15) is 17.9 Å². The number of alkyl halides is 3. The molecule has 3 aromatic rings. The highest BCUT2D eigenvalue weighted by Crippen LogP contribution is 2.41. The molecular weight excluding hydrogens is 714 g/mol. The number of ether oxygens (including phenoxy) is 1. The van der Waals surface area contributed by atoms with Gasteiger partial charge in [0.1, 0.15) is 29.0 Å². The van der Waals surface area contributed by atoms with Crippen LogP contribution in [0.5, 0.6) is 5.75 Å². The van der Waals surface area contributed by atoms with Gasteiger partial charge in [-0.3, -0.25) is 9.59 Å². The lowest BCUT2D eigenvalue weighted by molar-refractivity contribution is -0.149. The number of amides is 1. The monoisotopic (exact) mass is 742 g/mol. The molecule has 5 N–H and O–H groups in total. The van der Waals surface area contributed by atoms with E-state index < -0.39 is 83.4 Å². The van der Waals surface area contributed by atoms with Crippen molar-refractivity contribution in [1.82, 2.24) is 9.62 Å². The van der Waals surface area contributed by atoms with Crippen LogP contribution in [0.2, 0.25) is 0 Å². The SMILES string of the molecule is CC(CSC(=O)c1ccccc1)C(=O)N1CC(Oc2ccc(C3Nc4cc(C(F)(F)F)c(S(N)(=O)=O)cc4S(=O)(=O)N3)cc2)C[C@H]1C(=O)O. The van der Waals surface area contributed by atoms with Crippen molar-refractivity contribution in [1.29, 1.82) is 0 Å². The fourth-order valence-corrected chi connectivity index (χ4v) is 8.41. The number of rotatable bonds is 9. The predicted molar refractivity (Wildman–Crippen MR) is 171 cm³/mol. The average Bonchev–Trinajstić information content (AvgIpc) is 3.46. The van der Waals surface area contributed by atoms with E-state index in [9.17, 15) is 49.5 Å². The van der Waals surface area contributed by atoms with Gasteiger partial charge in [0.2, 0.25) is 31.1 Å². The first kappa shape index (κ1) is 36.1. The van der Waals surface area contributed by atoms with E-state index in [0.29, 0.717) is 17.7 Å². The zero-order valence-electron chi connectivity index (χ0n) is 25.4. The number of nitrogens with one attached hydrogen (secondary N) is 2. The van der Waals surface area contributed by atoms with E-state index in [1.54, 1.807) is 37.3 Å². The molecule has 0 aliphatic carbocycles. The summed E-state index contributed by atoms with van der Waals surface area (Å²) in [6.45, 7) is 1.55. The van der Waals surface area contributed by atoms with Gasteiger partial charge >= 0.3 is 12.1 Å². The molecule has 2 aliphatic rings. The lowest BCUT2D eigenvalue weighted by Gasteiger charge is -2.29. The van der Waals surface area contributed by atoms with E-state index in [-0.39, 0.29) is 35.1 Å². The van der Waals surface area contributed by atoms with Crippen molar-refractivity contribution in [2.75, 3.05) is 17.6 Å². The Hall–Kier alpha value is -4.17. The Morgan fingerprint density at radius 3 is 2.35 bits per heavy atom. The van der Waals surface area contributed by atoms with E-state index in [1.807, 2.05) is 0 Å². The van der Waals surface area contributed by atoms with Gasteiger partial charge in [-0.25, -0.2) is 26.8 Å². The molecule has 0 radical (unpaired) electrons. The van der Waals surface area contributed by atoms with Crippen LogP contribution in [-0.2, 0) is 35.8 Å². The van der Waals surface area contributed by atoms with E-state index in [0.717, 1.165) is 11.8 Å². The molecule has 5 rings (SSSR count). The summed E-state index contributed by atoms with van der Waals surface area (Å²) in [6, 6.07) is 13.8. The van der Waals surface area contributed by atoms with Crippen molar-refractivity contribution in [2.24, 2.45) is 11.1 Å². The number of anilines is 1. The Bertz CT molecular complexity index is 2000. The summed E-state index contributed by atoms with van der Waals surface area (Å²) >= 11 is 0.958. The number of aliphatic carboxylic acids is 1. The highest BCUT2D eigenvalue weighted by atomic mass is 32.2. The second kappa shape index (κ2) is 13.6. The lowest BCUT2D eigenvalue weighted by atomic mass is 10.1. The molecule has 1 saturated heterocycles. The predicted octanol–water partition coefficient (Wildman–Crippen LogP) is 3.40. The number of carbonyl (C=O) groups is 3. The fourth-order valence-electron chi connectivity index (χ4n) is 5.41. The first-order valence-corrected chi connectivity index (χ1v) is 18.5. The topological polar surface area (TPSA) is 202 Å². The molecule has 0 aromatic heterocycles. The number of hydrogen-bond donors (Lipinski definition) is 4. The van der Waals surface area contributed by atoms with Crippen LogP contribution in [0.3, 0.4) is 0 Å². The zero-order chi connectivity index (χ0) is 35.9. The zero-order valence-corrected chi connectivity index (χ0v) is 27.8. The highest BCUT2D eigenvalue weighted by Gasteiger charge is 2.43. The maximum absolute atomic E-state index is 13.7. The van der Waals surface area contributed by atoms with E-state index in [2.05, 4.69) is 10.0 Å². The van der Waals surface area contributed by atoms with Crippen LogP contribution >= 0.6 is 11.8 Å². The number of primary sulfonamides is 1. The van der Waals surface area contributed by atoms with Crippen molar-refractivity contribution in [3.8, 4) is 5.75 Å². The molecule has 0 saturated carbocycles. The van der Waals surface area contributed by atoms with Crippen LogP contribution in [0.15, 0.2) is 76.5 Å². The third-order valence-electron chi connectivity index (χ3n) is 7.80. The van der Waals surface area contributed by atoms with E-state index in [1.165, 1.54) is 29.2 Å². The molecule has 3 unspecified atom stereocenters. The molecule has 0 spiro atoms. The number of carboxylic acids is 1. The van der Waals surface area contributed by atoms with Crippen molar-refractivity contribution >= 4 is 54.5 Å². The number of halogens is 3. The molecule has 1 amide bonds. The number of hydrogen-bond acceptors (Lipinski definition) is 10. The summed E-state index contributed by atoms with van der Waals surface area (Å²) < 4.78 is 98.8. The van der Waals surface area contributed by atoms with Gasteiger partial charge in [-0.05, 0) is 29.8 Å². The number of nitrogens with two attached hydrogens (primary N) is 1. The molecular formula is C30H29F3N4O9S3. The molecule has 13 nitrogen and oxygen atoms in total. The normalized spacial score (nSPS) is 20.9. The minimum atomic E-state index is -5.17. The maximum Gasteiger partial charge on any atom is 0.417 e. The Morgan fingerprint density at radius 2 is 1.76 bits per heavy atom. The van der Waals surface area contributed by atoms with Gasteiger partial charge in [0.15, 0.2) is 0 Å². The molecule has 19 heteroatoms. The molecule has 2 heterocycles. The molecule has 262 valence electrons. The summed E-state index contributed by atoms with van der Waals surface area (Å²) in [5, 5.41) is 17.1. The van der Waals surface area contributed by atoms with Crippen LogP contribution in [0.25, 0.3) is 0 Å².